The van der Waals surface area contributed by atoms with E-state index in [4.69, 9.17) is 16.1 Å². The highest BCUT2D eigenvalue weighted by Crippen LogP contribution is 2.16. The third-order valence-electron chi connectivity index (χ3n) is 4.14. The van der Waals surface area contributed by atoms with Gasteiger partial charge in [-0.25, -0.2) is 9.97 Å². The Labute approximate surface area is 133 Å². The Kier molecular flexibility index (Phi) is 3.80. The minimum absolute atomic E-state index is 0.169. The predicted molar refractivity (Wildman–Crippen MR) is 86.7 cm³/mol. The van der Waals surface area contributed by atoms with Crippen LogP contribution in [0.25, 0.3) is 11.2 Å². The van der Waals surface area contributed by atoms with Gasteiger partial charge in [-0.3, -0.25) is 15.4 Å². The lowest BCUT2D eigenvalue weighted by atomic mass is 10.2. The fourth-order valence-electron chi connectivity index (χ4n) is 2.72. The molecule has 0 unspecified atom stereocenters. The molecule has 0 bridgehead atoms. The van der Waals surface area contributed by atoms with Crippen molar-refractivity contribution in [2.24, 2.45) is 0 Å². The number of anilines is 1. The van der Waals surface area contributed by atoms with E-state index in [1.165, 1.54) is 4.57 Å². The highest BCUT2D eigenvalue weighted by molar-refractivity contribution is 5.81. The Bertz CT molecular complexity index is 868. The number of nitrogens with one attached hydrogen (secondary N) is 2. The number of hydrogen-bond acceptors (Lipinski definition) is 7. The van der Waals surface area contributed by atoms with Gasteiger partial charge in [0.05, 0.1) is 11.9 Å². The zero-order chi connectivity index (χ0) is 16.6. The Balaban J connectivity index is 2.22. The second-order valence-corrected chi connectivity index (χ2v) is 5.68. The summed E-state index contributed by atoms with van der Waals surface area (Å²) in [6, 6.07) is 3.81. The predicted octanol–water partition coefficient (Wildman–Crippen LogP) is 0.298. The van der Waals surface area contributed by atoms with Crippen LogP contribution in [0, 0.1) is 29.1 Å². The van der Waals surface area contributed by atoms with Crippen LogP contribution in [0.3, 0.4) is 0 Å². The molecular weight excluding hydrogens is 292 g/mol. The maximum absolute atomic E-state index is 9.16. The quantitative estimate of drug-likeness (QED) is 0.612. The molecule has 2 aromatic rings. The second kappa shape index (κ2) is 5.78. The molecule has 8 nitrogen and oxygen atoms in total. The van der Waals surface area contributed by atoms with Crippen molar-refractivity contribution in [1.82, 2.24) is 19.4 Å². The SMILES string of the molecule is Cc1cc2c(nc1C#N)nc(N1CCN(C)CC1)c(=N)n2C=N. The molecule has 8 heteroatoms. The third-order valence-corrected chi connectivity index (χ3v) is 4.14. The van der Waals surface area contributed by atoms with Crippen molar-refractivity contribution in [2.45, 2.75) is 6.92 Å². The standard InChI is InChI=1S/C15H18N8/c1-10-7-12-14(19-11(10)8-16)20-15(13(18)23(12)9-17)22-5-3-21(2)4-6-22/h7,9,17-18H,3-6H2,1-2H3. The van der Waals surface area contributed by atoms with Crippen LogP contribution >= 0.6 is 0 Å². The van der Waals surface area contributed by atoms with Crippen LogP contribution < -0.4 is 10.4 Å². The van der Waals surface area contributed by atoms with Gasteiger partial charge in [-0.05, 0) is 25.6 Å². The Morgan fingerprint density at radius 1 is 1.26 bits per heavy atom. The van der Waals surface area contributed by atoms with Gasteiger partial charge in [0.1, 0.15) is 11.8 Å². The minimum atomic E-state index is 0.169. The van der Waals surface area contributed by atoms with Crippen molar-refractivity contribution in [3.63, 3.8) is 0 Å². The van der Waals surface area contributed by atoms with Crippen LogP contribution in [0.15, 0.2) is 6.07 Å². The number of rotatable bonds is 2. The monoisotopic (exact) mass is 310 g/mol. The van der Waals surface area contributed by atoms with Crippen LogP contribution in [-0.4, -0.2) is 59.0 Å². The van der Waals surface area contributed by atoms with E-state index >= 15 is 0 Å². The first-order chi connectivity index (χ1) is 11.0. The summed E-state index contributed by atoms with van der Waals surface area (Å²) in [6.07, 6.45) is 1.10. The van der Waals surface area contributed by atoms with Crippen LogP contribution in [0.4, 0.5) is 5.82 Å². The fraction of sp³-hybridized carbons (Fsp3) is 0.400. The Morgan fingerprint density at radius 3 is 2.57 bits per heavy atom. The van der Waals surface area contributed by atoms with Gasteiger partial charge in [0, 0.05) is 26.2 Å². The highest BCUT2D eigenvalue weighted by Gasteiger charge is 2.20. The number of aromatic nitrogens is 3. The number of piperazine rings is 1. The molecule has 2 aromatic heterocycles. The molecule has 118 valence electrons. The Hall–Kier alpha value is -2.79. The molecule has 2 N–H and O–H groups in total. The van der Waals surface area contributed by atoms with Gasteiger partial charge >= 0.3 is 0 Å². The first kappa shape index (κ1) is 15.1. The van der Waals surface area contributed by atoms with E-state index in [1.807, 2.05) is 4.90 Å². The molecule has 0 saturated carbocycles. The number of pyridine rings is 1. The minimum Gasteiger partial charge on any atom is -0.351 e. The number of fused-ring (bicyclic) bond motifs is 1. The number of nitriles is 1. The lowest BCUT2D eigenvalue weighted by molar-refractivity contribution is 0.311. The molecule has 3 heterocycles. The highest BCUT2D eigenvalue weighted by atomic mass is 15.3. The topological polar surface area (TPSA) is 109 Å². The van der Waals surface area contributed by atoms with E-state index in [2.05, 4.69) is 28.0 Å². The fourth-order valence-corrected chi connectivity index (χ4v) is 2.72. The van der Waals surface area contributed by atoms with Gasteiger partial charge in [0.15, 0.2) is 17.0 Å². The summed E-state index contributed by atoms with van der Waals surface area (Å²) in [5.74, 6) is 0.509. The number of hydrogen-bond donors (Lipinski definition) is 2. The molecule has 0 aromatic carbocycles. The van der Waals surface area contributed by atoms with Crippen molar-refractivity contribution in [1.29, 1.82) is 16.1 Å². The van der Waals surface area contributed by atoms with E-state index in [9.17, 15) is 0 Å². The van der Waals surface area contributed by atoms with Gasteiger partial charge < -0.3 is 9.80 Å². The summed E-state index contributed by atoms with van der Waals surface area (Å²) in [7, 11) is 2.06. The number of aryl methyl sites for hydroxylation is 1. The molecule has 0 radical (unpaired) electrons. The molecule has 1 fully saturated rings. The van der Waals surface area contributed by atoms with Gasteiger partial charge in [-0.2, -0.15) is 5.26 Å². The smallest absolute Gasteiger partial charge is 0.180 e. The molecule has 0 amide bonds. The lowest BCUT2D eigenvalue weighted by Gasteiger charge is -2.33. The summed E-state index contributed by atoms with van der Waals surface area (Å²) in [6.45, 7) is 5.13. The summed E-state index contributed by atoms with van der Waals surface area (Å²) < 4.78 is 1.46. The average molecular weight is 310 g/mol. The lowest BCUT2D eigenvalue weighted by Crippen LogP contribution is -2.47. The number of nitrogens with zero attached hydrogens (tertiary/aromatic N) is 6. The molecule has 1 aliphatic rings. The van der Waals surface area contributed by atoms with Gasteiger partial charge in [0.2, 0.25) is 0 Å². The molecular formula is C15H18N8. The van der Waals surface area contributed by atoms with Crippen LogP contribution in [0.5, 0.6) is 0 Å². The molecule has 0 aliphatic carbocycles. The van der Waals surface area contributed by atoms with Crippen LogP contribution in [0.1, 0.15) is 11.3 Å². The summed E-state index contributed by atoms with van der Waals surface area (Å²) >= 11 is 0. The Morgan fingerprint density at radius 2 is 1.96 bits per heavy atom. The van der Waals surface area contributed by atoms with Gasteiger partial charge in [0.25, 0.3) is 0 Å². The summed E-state index contributed by atoms with van der Waals surface area (Å²) in [4.78, 5) is 13.1. The molecule has 0 atom stereocenters. The first-order valence-electron chi connectivity index (χ1n) is 7.38. The second-order valence-electron chi connectivity index (χ2n) is 5.68. The van der Waals surface area contributed by atoms with E-state index in [0.717, 1.165) is 32.5 Å². The molecule has 3 rings (SSSR count). The third kappa shape index (κ3) is 2.55. The average Bonchev–Trinajstić information content (AvgIpc) is 2.55. The van der Waals surface area contributed by atoms with E-state index in [-0.39, 0.29) is 5.49 Å². The maximum Gasteiger partial charge on any atom is 0.180 e. The normalized spacial score (nSPS) is 15.6. The molecule has 1 saturated heterocycles. The van der Waals surface area contributed by atoms with Crippen LogP contribution in [0.2, 0.25) is 0 Å². The zero-order valence-electron chi connectivity index (χ0n) is 13.2. The largest absolute Gasteiger partial charge is 0.351 e. The van der Waals surface area contributed by atoms with E-state index < -0.39 is 0 Å². The van der Waals surface area contributed by atoms with Crippen molar-refractivity contribution in [3.8, 4) is 6.07 Å². The molecule has 23 heavy (non-hydrogen) atoms. The van der Waals surface area contributed by atoms with Crippen molar-refractivity contribution >= 4 is 23.3 Å². The van der Waals surface area contributed by atoms with Crippen molar-refractivity contribution < 1.29 is 0 Å². The van der Waals surface area contributed by atoms with Crippen molar-refractivity contribution in [2.75, 3.05) is 38.1 Å². The summed E-state index contributed by atoms with van der Waals surface area (Å²) in [5.41, 5.74) is 2.16. The van der Waals surface area contributed by atoms with E-state index in [1.54, 1.807) is 13.0 Å². The zero-order valence-corrected chi connectivity index (χ0v) is 13.2. The number of likely N-dealkylation sites (N-methyl/N-ethyl adjacent to an activating group) is 1. The molecule has 1 aliphatic heterocycles. The first-order valence-corrected chi connectivity index (χ1v) is 7.38. The van der Waals surface area contributed by atoms with E-state index in [0.29, 0.717) is 28.2 Å². The van der Waals surface area contributed by atoms with Crippen LogP contribution in [-0.2, 0) is 0 Å². The molecule has 0 spiro atoms. The maximum atomic E-state index is 9.16. The summed E-state index contributed by atoms with van der Waals surface area (Å²) in [5, 5.41) is 25.2. The van der Waals surface area contributed by atoms with Gasteiger partial charge in [-0.15, -0.1) is 0 Å². The van der Waals surface area contributed by atoms with Crippen molar-refractivity contribution in [3.05, 3.63) is 22.8 Å². The van der Waals surface area contributed by atoms with Gasteiger partial charge in [-0.1, -0.05) is 0 Å².